The molecule has 0 aliphatic carbocycles. The van der Waals surface area contributed by atoms with Gasteiger partial charge in [-0.3, -0.25) is 9.80 Å². The first-order chi connectivity index (χ1) is 7.36. The summed E-state index contributed by atoms with van der Waals surface area (Å²) < 4.78 is 0. The Hall–Kier alpha value is -0.200. The molecule has 0 unspecified atom stereocenters. The van der Waals surface area contributed by atoms with Crippen molar-refractivity contribution in [3.05, 3.63) is 0 Å². The molecule has 1 rings (SSSR count). The van der Waals surface area contributed by atoms with Crippen LogP contribution < -0.4 is 16.8 Å². The fourth-order valence-electron chi connectivity index (χ4n) is 1.92. The van der Waals surface area contributed by atoms with Crippen molar-refractivity contribution in [3.63, 3.8) is 0 Å². The van der Waals surface area contributed by atoms with Gasteiger partial charge in [0, 0.05) is 65.4 Å². The molecule has 0 spiro atoms. The van der Waals surface area contributed by atoms with E-state index in [4.69, 9.17) is 11.5 Å². The van der Waals surface area contributed by atoms with Gasteiger partial charge in [0.2, 0.25) is 0 Å². The van der Waals surface area contributed by atoms with Gasteiger partial charge < -0.3 is 16.8 Å². The predicted octanol–water partition coefficient (Wildman–Crippen LogP) is -1.89. The van der Waals surface area contributed by atoms with Crippen LogP contribution in [0.15, 0.2) is 0 Å². The van der Waals surface area contributed by atoms with Crippen LogP contribution in [0.4, 0.5) is 0 Å². The van der Waals surface area contributed by atoms with Gasteiger partial charge in [0.05, 0.1) is 0 Å². The monoisotopic (exact) mass is 215 g/mol. The molecular formula is C10H25N5. The molecule has 0 aromatic carbocycles. The van der Waals surface area contributed by atoms with Crippen LogP contribution in [0.3, 0.4) is 0 Å². The van der Waals surface area contributed by atoms with E-state index in [1.54, 1.807) is 0 Å². The number of nitrogens with one attached hydrogen (secondary N) is 1. The summed E-state index contributed by atoms with van der Waals surface area (Å²) in [6.45, 7) is 10.1. The zero-order valence-electron chi connectivity index (χ0n) is 9.62. The Kier molecular flexibility index (Phi) is 6.87. The highest BCUT2D eigenvalue weighted by atomic mass is 15.2. The summed E-state index contributed by atoms with van der Waals surface area (Å²) in [5, 5.41) is 3.44. The lowest BCUT2D eigenvalue weighted by Gasteiger charge is -2.24. The summed E-state index contributed by atoms with van der Waals surface area (Å²) in [7, 11) is 0. The van der Waals surface area contributed by atoms with Crippen LogP contribution in [0.25, 0.3) is 0 Å². The van der Waals surface area contributed by atoms with Crippen molar-refractivity contribution in [2.75, 3.05) is 65.4 Å². The third-order valence-corrected chi connectivity index (χ3v) is 2.83. The molecule has 5 heteroatoms. The molecular weight excluding hydrogens is 190 g/mol. The van der Waals surface area contributed by atoms with Crippen molar-refractivity contribution in [3.8, 4) is 0 Å². The maximum absolute atomic E-state index is 5.59. The van der Waals surface area contributed by atoms with E-state index in [1.165, 1.54) is 0 Å². The lowest BCUT2D eigenvalue weighted by molar-refractivity contribution is 0.226. The van der Waals surface area contributed by atoms with Gasteiger partial charge in [-0.1, -0.05) is 0 Å². The van der Waals surface area contributed by atoms with Crippen LogP contribution in [0, 0.1) is 0 Å². The molecule has 5 nitrogen and oxygen atoms in total. The smallest absolute Gasteiger partial charge is 0.0110 e. The van der Waals surface area contributed by atoms with E-state index in [1.807, 2.05) is 0 Å². The second-order valence-electron chi connectivity index (χ2n) is 4.01. The van der Waals surface area contributed by atoms with Crippen LogP contribution in [0.5, 0.6) is 0 Å². The molecule has 0 amide bonds. The molecule has 5 N–H and O–H groups in total. The standard InChI is InChI=1S/C10H25N5/c11-1-5-14-7-3-13-4-8-15(6-2-12)10-9-14/h13H,1-12H2. The normalized spacial score (nSPS) is 22.0. The van der Waals surface area contributed by atoms with Gasteiger partial charge in [0.15, 0.2) is 0 Å². The van der Waals surface area contributed by atoms with E-state index >= 15 is 0 Å². The molecule has 90 valence electrons. The Labute approximate surface area is 92.8 Å². The van der Waals surface area contributed by atoms with Gasteiger partial charge in [-0.2, -0.15) is 0 Å². The maximum atomic E-state index is 5.59. The minimum atomic E-state index is 0.747. The van der Waals surface area contributed by atoms with Crippen molar-refractivity contribution in [1.29, 1.82) is 0 Å². The molecule has 1 saturated heterocycles. The van der Waals surface area contributed by atoms with Crippen molar-refractivity contribution in [2.45, 2.75) is 0 Å². The van der Waals surface area contributed by atoms with E-state index in [0.29, 0.717) is 0 Å². The van der Waals surface area contributed by atoms with Gasteiger partial charge in [-0.05, 0) is 0 Å². The highest BCUT2D eigenvalue weighted by molar-refractivity contribution is 4.69. The quantitative estimate of drug-likeness (QED) is 0.511. The third kappa shape index (κ3) is 5.44. The summed E-state index contributed by atoms with van der Waals surface area (Å²) in [5.41, 5.74) is 11.2. The van der Waals surface area contributed by atoms with Crippen molar-refractivity contribution < 1.29 is 0 Å². The van der Waals surface area contributed by atoms with Crippen LogP contribution in [-0.4, -0.2) is 75.2 Å². The fraction of sp³-hybridized carbons (Fsp3) is 1.00. The number of hydrogen-bond donors (Lipinski definition) is 3. The Balaban J connectivity index is 2.33. The summed E-state index contributed by atoms with van der Waals surface area (Å²) in [5.74, 6) is 0. The van der Waals surface area contributed by atoms with Gasteiger partial charge in [0.25, 0.3) is 0 Å². The Bertz CT molecular complexity index is 137. The van der Waals surface area contributed by atoms with Crippen LogP contribution in [0.2, 0.25) is 0 Å². The van der Waals surface area contributed by atoms with Crippen LogP contribution in [-0.2, 0) is 0 Å². The van der Waals surface area contributed by atoms with Gasteiger partial charge in [-0.15, -0.1) is 0 Å². The molecule has 0 aromatic heterocycles. The van der Waals surface area contributed by atoms with Crippen molar-refractivity contribution in [1.82, 2.24) is 15.1 Å². The summed E-state index contributed by atoms with van der Waals surface area (Å²) >= 11 is 0. The Morgan fingerprint density at radius 2 is 1.27 bits per heavy atom. The van der Waals surface area contributed by atoms with E-state index in [2.05, 4.69) is 15.1 Å². The molecule has 0 saturated carbocycles. The summed E-state index contributed by atoms with van der Waals surface area (Å²) in [6.07, 6.45) is 0. The van der Waals surface area contributed by atoms with Gasteiger partial charge >= 0.3 is 0 Å². The Morgan fingerprint density at radius 3 is 1.67 bits per heavy atom. The minimum Gasteiger partial charge on any atom is -0.329 e. The molecule has 0 radical (unpaired) electrons. The topological polar surface area (TPSA) is 70.5 Å². The molecule has 1 aliphatic heterocycles. The lowest BCUT2D eigenvalue weighted by atomic mass is 10.4. The second kappa shape index (κ2) is 8.01. The highest BCUT2D eigenvalue weighted by Crippen LogP contribution is 1.93. The lowest BCUT2D eigenvalue weighted by Crippen LogP contribution is -2.39. The SMILES string of the molecule is NCCN1CCNCCN(CCN)CC1. The first-order valence-electron chi connectivity index (χ1n) is 5.92. The minimum absolute atomic E-state index is 0.747. The fourth-order valence-corrected chi connectivity index (χ4v) is 1.92. The largest absolute Gasteiger partial charge is 0.329 e. The predicted molar refractivity (Wildman–Crippen MR) is 63.9 cm³/mol. The van der Waals surface area contributed by atoms with E-state index in [-0.39, 0.29) is 0 Å². The average molecular weight is 215 g/mol. The molecule has 1 fully saturated rings. The highest BCUT2D eigenvalue weighted by Gasteiger charge is 2.10. The van der Waals surface area contributed by atoms with Crippen molar-refractivity contribution in [2.24, 2.45) is 11.5 Å². The Morgan fingerprint density at radius 1 is 0.800 bits per heavy atom. The zero-order valence-corrected chi connectivity index (χ0v) is 9.62. The first kappa shape index (κ1) is 12.9. The summed E-state index contributed by atoms with van der Waals surface area (Å²) in [6, 6.07) is 0. The number of nitrogens with two attached hydrogens (primary N) is 2. The van der Waals surface area contributed by atoms with E-state index < -0.39 is 0 Å². The molecule has 0 atom stereocenters. The van der Waals surface area contributed by atoms with Crippen LogP contribution in [0.1, 0.15) is 0 Å². The second-order valence-corrected chi connectivity index (χ2v) is 4.01. The molecule has 15 heavy (non-hydrogen) atoms. The van der Waals surface area contributed by atoms with Gasteiger partial charge in [-0.25, -0.2) is 0 Å². The first-order valence-corrected chi connectivity index (χ1v) is 5.92. The molecule has 0 bridgehead atoms. The van der Waals surface area contributed by atoms with Gasteiger partial charge in [0.1, 0.15) is 0 Å². The third-order valence-electron chi connectivity index (χ3n) is 2.83. The van der Waals surface area contributed by atoms with E-state index in [9.17, 15) is 0 Å². The molecule has 1 heterocycles. The average Bonchev–Trinajstić information content (AvgIpc) is 2.33. The van der Waals surface area contributed by atoms with E-state index in [0.717, 1.165) is 65.4 Å². The van der Waals surface area contributed by atoms with Crippen molar-refractivity contribution >= 4 is 0 Å². The number of hydrogen-bond acceptors (Lipinski definition) is 5. The summed E-state index contributed by atoms with van der Waals surface area (Å²) in [4.78, 5) is 4.84. The maximum Gasteiger partial charge on any atom is 0.0110 e. The number of rotatable bonds is 4. The molecule has 0 aromatic rings. The molecule has 1 aliphatic rings. The zero-order chi connectivity index (χ0) is 10.9. The number of nitrogens with zero attached hydrogens (tertiary/aromatic N) is 2. The van der Waals surface area contributed by atoms with Crippen LogP contribution >= 0.6 is 0 Å².